The van der Waals surface area contributed by atoms with Crippen LogP contribution in [0.2, 0.25) is 0 Å². The fourth-order valence-corrected chi connectivity index (χ4v) is 4.15. The minimum atomic E-state index is -4.11. The first-order chi connectivity index (χ1) is 12.8. The van der Waals surface area contributed by atoms with Crippen molar-refractivity contribution in [1.29, 1.82) is 0 Å². The maximum atomic E-state index is 13.2. The van der Waals surface area contributed by atoms with Crippen LogP contribution >= 0.6 is 0 Å². The molecule has 0 atom stereocenters. The van der Waals surface area contributed by atoms with E-state index in [2.05, 4.69) is 17.5 Å². The van der Waals surface area contributed by atoms with Gasteiger partial charge in [-0.05, 0) is 26.0 Å². The van der Waals surface area contributed by atoms with Gasteiger partial charge in [0.05, 0.1) is 17.1 Å². The van der Waals surface area contributed by atoms with Crippen LogP contribution in [0.3, 0.4) is 0 Å². The van der Waals surface area contributed by atoms with Crippen molar-refractivity contribution >= 4 is 15.7 Å². The van der Waals surface area contributed by atoms with Gasteiger partial charge >= 0.3 is 5.69 Å². The highest BCUT2D eigenvalue weighted by atomic mass is 32.2. The third kappa shape index (κ3) is 3.88. The minimum absolute atomic E-state index is 0.00144. The second kappa shape index (κ2) is 8.10. The molecule has 1 aromatic carbocycles. The van der Waals surface area contributed by atoms with Crippen molar-refractivity contribution in [3.8, 4) is 12.3 Å². The molecule has 0 saturated heterocycles. The molecule has 0 saturated carbocycles. The summed E-state index contributed by atoms with van der Waals surface area (Å²) in [6.45, 7) is 7.08. The molecule has 8 heteroatoms. The first kappa shape index (κ1) is 20.3. The van der Waals surface area contributed by atoms with E-state index < -0.39 is 21.3 Å². The summed E-state index contributed by atoms with van der Waals surface area (Å²) in [4.78, 5) is 26.9. The molecule has 0 aliphatic heterocycles. The van der Waals surface area contributed by atoms with Crippen molar-refractivity contribution in [1.82, 2.24) is 9.55 Å². The van der Waals surface area contributed by atoms with Crippen LogP contribution in [0.1, 0.15) is 18.2 Å². The average molecular weight is 387 g/mol. The summed E-state index contributed by atoms with van der Waals surface area (Å²) >= 11 is 0. The standard InChI is InChI=1S/C19H21N3O4S/c1-5-8-16-17(18(23)20-19(24)21(16)7-3)22(13-6-2)27(25,26)15-11-9-14(4)10-12-15/h2,5,9-12H,1,7-8,13H2,3-4H3,(H,20,23,24). The molecule has 0 spiro atoms. The number of aromatic nitrogens is 2. The van der Waals surface area contributed by atoms with Crippen molar-refractivity contribution < 1.29 is 8.42 Å². The minimum Gasteiger partial charge on any atom is -0.296 e. The Morgan fingerprint density at radius 3 is 2.44 bits per heavy atom. The zero-order valence-electron chi connectivity index (χ0n) is 15.2. The van der Waals surface area contributed by atoms with Crippen LogP contribution in [0.25, 0.3) is 0 Å². The summed E-state index contributed by atoms with van der Waals surface area (Å²) in [5.41, 5.74) is -0.465. The second-order valence-corrected chi connectivity index (χ2v) is 7.68. The van der Waals surface area contributed by atoms with Gasteiger partial charge in [0.1, 0.15) is 5.69 Å². The lowest BCUT2D eigenvalue weighted by molar-refractivity contribution is 0.591. The van der Waals surface area contributed by atoms with Crippen molar-refractivity contribution in [2.75, 3.05) is 10.8 Å². The predicted octanol–water partition coefficient (Wildman–Crippen LogP) is 1.42. The number of rotatable bonds is 7. The SMILES string of the molecule is C#CCN(c1c(CC=C)n(CC)c(=O)[nH]c1=O)S(=O)(=O)c1ccc(C)cc1. The molecule has 0 radical (unpaired) electrons. The molecule has 142 valence electrons. The first-order valence-electron chi connectivity index (χ1n) is 8.27. The van der Waals surface area contributed by atoms with Crippen molar-refractivity contribution in [3.63, 3.8) is 0 Å². The number of nitrogens with one attached hydrogen (secondary N) is 1. The lowest BCUT2D eigenvalue weighted by Crippen LogP contribution is -2.41. The van der Waals surface area contributed by atoms with Crippen molar-refractivity contribution in [2.45, 2.75) is 31.7 Å². The highest BCUT2D eigenvalue weighted by Crippen LogP contribution is 2.24. The molecular weight excluding hydrogens is 366 g/mol. The van der Waals surface area contributed by atoms with E-state index in [-0.39, 0.29) is 35.8 Å². The smallest absolute Gasteiger partial charge is 0.296 e. The lowest BCUT2D eigenvalue weighted by atomic mass is 10.2. The maximum absolute atomic E-state index is 13.2. The molecular formula is C19H21N3O4S. The number of terminal acetylenes is 1. The molecule has 0 aliphatic rings. The summed E-state index contributed by atoms with van der Waals surface area (Å²) < 4.78 is 28.5. The Kier molecular flexibility index (Phi) is 6.08. The Labute approximate surface area is 158 Å². The Morgan fingerprint density at radius 1 is 1.30 bits per heavy atom. The summed E-state index contributed by atoms with van der Waals surface area (Å²) in [5.74, 6) is 2.28. The zero-order valence-corrected chi connectivity index (χ0v) is 16.0. The van der Waals surface area contributed by atoms with Gasteiger partial charge in [-0.1, -0.05) is 29.7 Å². The summed E-state index contributed by atoms with van der Waals surface area (Å²) in [6, 6.07) is 6.21. The summed E-state index contributed by atoms with van der Waals surface area (Å²) in [7, 11) is -4.11. The van der Waals surface area contributed by atoms with Crippen LogP contribution in [0.5, 0.6) is 0 Å². The van der Waals surface area contributed by atoms with Crippen molar-refractivity contribution in [2.24, 2.45) is 0 Å². The molecule has 7 nitrogen and oxygen atoms in total. The molecule has 0 bridgehead atoms. The molecule has 2 rings (SSSR count). The van der Waals surface area contributed by atoms with Gasteiger partial charge in [-0.3, -0.25) is 14.3 Å². The third-order valence-corrected chi connectivity index (χ3v) is 5.79. The first-order valence-corrected chi connectivity index (χ1v) is 9.71. The van der Waals surface area contributed by atoms with Crippen LogP contribution in [-0.2, 0) is 23.0 Å². The van der Waals surface area contributed by atoms with E-state index in [1.165, 1.54) is 22.8 Å². The molecule has 0 aliphatic carbocycles. The van der Waals surface area contributed by atoms with Gasteiger partial charge in [0.25, 0.3) is 15.6 Å². The second-order valence-electron chi connectivity index (χ2n) is 5.82. The van der Waals surface area contributed by atoms with Gasteiger partial charge in [0, 0.05) is 13.0 Å². The van der Waals surface area contributed by atoms with Gasteiger partial charge in [0.15, 0.2) is 0 Å². The highest BCUT2D eigenvalue weighted by Gasteiger charge is 2.30. The van der Waals surface area contributed by atoms with Crippen LogP contribution in [0.4, 0.5) is 5.69 Å². The number of benzene rings is 1. The van der Waals surface area contributed by atoms with Crippen LogP contribution in [0.15, 0.2) is 51.4 Å². The Balaban J connectivity index is 2.83. The van der Waals surface area contributed by atoms with Gasteiger partial charge in [-0.25, -0.2) is 17.5 Å². The average Bonchev–Trinajstić information content (AvgIpc) is 2.61. The van der Waals surface area contributed by atoms with E-state index in [1.54, 1.807) is 19.1 Å². The van der Waals surface area contributed by atoms with E-state index in [4.69, 9.17) is 6.42 Å². The van der Waals surface area contributed by atoms with Crippen molar-refractivity contribution in [3.05, 3.63) is 69.0 Å². The number of allylic oxidation sites excluding steroid dienone is 1. The number of anilines is 1. The quantitative estimate of drug-likeness (QED) is 0.574. The van der Waals surface area contributed by atoms with E-state index >= 15 is 0 Å². The molecule has 1 aromatic heterocycles. The fraction of sp³-hybridized carbons (Fsp3) is 0.263. The van der Waals surface area contributed by atoms with Crippen LogP contribution in [-0.4, -0.2) is 24.5 Å². The maximum Gasteiger partial charge on any atom is 0.328 e. The number of nitrogens with zero attached hydrogens (tertiary/aromatic N) is 2. The highest BCUT2D eigenvalue weighted by molar-refractivity contribution is 7.92. The van der Waals surface area contributed by atoms with E-state index in [0.717, 1.165) is 9.87 Å². The van der Waals surface area contributed by atoms with Gasteiger partial charge in [0.2, 0.25) is 0 Å². The van der Waals surface area contributed by atoms with E-state index in [1.807, 2.05) is 6.92 Å². The largest absolute Gasteiger partial charge is 0.328 e. The zero-order chi connectivity index (χ0) is 20.2. The molecule has 2 aromatic rings. The topological polar surface area (TPSA) is 92.2 Å². The van der Waals surface area contributed by atoms with Crippen LogP contribution < -0.4 is 15.6 Å². The Bertz CT molecular complexity index is 1100. The normalized spacial score (nSPS) is 11.0. The fourth-order valence-electron chi connectivity index (χ4n) is 2.75. The predicted molar refractivity (Wildman–Crippen MR) is 105 cm³/mol. The number of H-pyrrole nitrogens is 1. The number of aryl methyl sites for hydroxylation is 1. The lowest BCUT2D eigenvalue weighted by Gasteiger charge is -2.25. The van der Waals surface area contributed by atoms with Gasteiger partial charge in [-0.2, -0.15) is 0 Å². The number of hydrogen-bond acceptors (Lipinski definition) is 4. The van der Waals surface area contributed by atoms with E-state index in [0.29, 0.717) is 0 Å². The molecule has 0 unspecified atom stereocenters. The molecule has 27 heavy (non-hydrogen) atoms. The Morgan fingerprint density at radius 2 is 1.93 bits per heavy atom. The third-order valence-electron chi connectivity index (χ3n) is 4.03. The monoisotopic (exact) mass is 387 g/mol. The molecule has 0 fully saturated rings. The summed E-state index contributed by atoms with van der Waals surface area (Å²) in [5, 5.41) is 0. The van der Waals surface area contributed by atoms with Crippen LogP contribution in [0, 0.1) is 19.3 Å². The molecule has 0 amide bonds. The molecule has 1 N–H and O–H groups in total. The van der Waals surface area contributed by atoms with E-state index in [9.17, 15) is 18.0 Å². The van der Waals surface area contributed by atoms with Gasteiger partial charge in [-0.15, -0.1) is 13.0 Å². The number of hydrogen-bond donors (Lipinski definition) is 1. The number of sulfonamides is 1. The Hall–Kier alpha value is -3.05. The number of aromatic amines is 1. The summed E-state index contributed by atoms with van der Waals surface area (Å²) in [6.07, 6.45) is 7.01. The molecule has 1 heterocycles. The van der Waals surface area contributed by atoms with Gasteiger partial charge < -0.3 is 0 Å².